The Hall–Kier alpha value is -0.600. The van der Waals surface area contributed by atoms with Crippen molar-refractivity contribution in [2.75, 3.05) is 0 Å². The van der Waals surface area contributed by atoms with Crippen molar-refractivity contribution < 1.29 is 10.2 Å². The zero-order valence-corrected chi connectivity index (χ0v) is 7.78. The molecule has 0 saturated carbocycles. The van der Waals surface area contributed by atoms with Gasteiger partial charge in [-0.3, -0.25) is 0 Å². The van der Waals surface area contributed by atoms with E-state index in [2.05, 4.69) is 20.8 Å². The number of aliphatic hydroxyl groups excluding tert-OH is 2. The van der Waals surface area contributed by atoms with Gasteiger partial charge in [0.15, 0.2) is 0 Å². The lowest BCUT2D eigenvalue weighted by Crippen LogP contribution is -2.26. The van der Waals surface area contributed by atoms with Gasteiger partial charge in [-0.2, -0.15) is 0 Å². The zero-order chi connectivity index (χ0) is 9.35. The largest absolute Gasteiger partial charge is 0.386 e. The first-order chi connectivity index (χ1) is 5.41. The summed E-state index contributed by atoms with van der Waals surface area (Å²) in [5.74, 6) is 0. The molecular formula is C10H16O2. The van der Waals surface area contributed by atoms with Crippen molar-refractivity contribution in [3.8, 4) is 0 Å². The molecule has 12 heavy (non-hydrogen) atoms. The molecule has 0 bridgehead atoms. The van der Waals surface area contributed by atoms with Crippen molar-refractivity contribution in [2.45, 2.75) is 33.0 Å². The molecule has 0 aromatic carbocycles. The van der Waals surface area contributed by atoms with Gasteiger partial charge in [-0.25, -0.2) is 0 Å². The highest BCUT2D eigenvalue weighted by atomic mass is 16.3. The SMILES string of the molecule is CC(C)(C)C1=CC(O)C(O)C=C1. The third kappa shape index (κ3) is 1.96. The Morgan fingerprint density at radius 3 is 2.17 bits per heavy atom. The van der Waals surface area contributed by atoms with Crippen LogP contribution in [0.4, 0.5) is 0 Å². The monoisotopic (exact) mass is 168 g/mol. The minimum atomic E-state index is -0.746. The summed E-state index contributed by atoms with van der Waals surface area (Å²) in [7, 11) is 0. The lowest BCUT2D eigenvalue weighted by Gasteiger charge is -2.26. The van der Waals surface area contributed by atoms with E-state index in [0.29, 0.717) is 0 Å². The fourth-order valence-corrected chi connectivity index (χ4v) is 1.15. The molecule has 0 saturated heterocycles. The standard InChI is InChI=1S/C10H16O2/c1-10(2,3)7-4-5-8(11)9(12)6-7/h4-6,8-9,11-12H,1-3H3. The van der Waals surface area contributed by atoms with Crippen LogP contribution in [0.1, 0.15) is 20.8 Å². The summed E-state index contributed by atoms with van der Waals surface area (Å²) in [6.07, 6.45) is 3.73. The summed E-state index contributed by atoms with van der Waals surface area (Å²) < 4.78 is 0. The fraction of sp³-hybridized carbons (Fsp3) is 0.600. The molecule has 2 N–H and O–H groups in total. The summed E-state index contributed by atoms with van der Waals surface area (Å²) in [5, 5.41) is 18.5. The Kier molecular flexibility index (Phi) is 2.40. The van der Waals surface area contributed by atoms with E-state index in [1.807, 2.05) is 6.08 Å². The van der Waals surface area contributed by atoms with Gasteiger partial charge in [0.25, 0.3) is 0 Å². The van der Waals surface area contributed by atoms with E-state index in [-0.39, 0.29) is 5.41 Å². The summed E-state index contributed by atoms with van der Waals surface area (Å²) in [6.45, 7) is 6.23. The maximum Gasteiger partial charge on any atom is 0.102 e. The molecule has 68 valence electrons. The first-order valence-corrected chi connectivity index (χ1v) is 4.18. The average Bonchev–Trinajstić information content (AvgIpc) is 1.92. The number of hydrogen-bond donors (Lipinski definition) is 2. The van der Waals surface area contributed by atoms with Crippen LogP contribution in [0, 0.1) is 5.41 Å². The predicted octanol–water partition coefficient (Wildman–Crippen LogP) is 1.25. The number of allylic oxidation sites excluding steroid dienone is 2. The molecule has 2 atom stereocenters. The van der Waals surface area contributed by atoms with Crippen LogP contribution in [0.3, 0.4) is 0 Å². The van der Waals surface area contributed by atoms with Crippen LogP contribution in [0.25, 0.3) is 0 Å². The van der Waals surface area contributed by atoms with Crippen molar-refractivity contribution in [3.63, 3.8) is 0 Å². The molecule has 0 amide bonds. The average molecular weight is 168 g/mol. The molecule has 1 rings (SSSR count). The second kappa shape index (κ2) is 3.04. The van der Waals surface area contributed by atoms with Crippen LogP contribution in [-0.2, 0) is 0 Å². The summed E-state index contributed by atoms with van der Waals surface area (Å²) in [5.41, 5.74) is 1.11. The molecule has 1 aliphatic carbocycles. The molecule has 2 nitrogen and oxygen atoms in total. The molecule has 0 fully saturated rings. The highest BCUT2D eigenvalue weighted by Crippen LogP contribution is 2.29. The number of rotatable bonds is 0. The first-order valence-electron chi connectivity index (χ1n) is 4.18. The van der Waals surface area contributed by atoms with E-state index in [1.165, 1.54) is 0 Å². The quantitative estimate of drug-likeness (QED) is 0.571. The van der Waals surface area contributed by atoms with E-state index in [4.69, 9.17) is 0 Å². The van der Waals surface area contributed by atoms with Crippen LogP contribution >= 0.6 is 0 Å². The van der Waals surface area contributed by atoms with Crippen LogP contribution in [-0.4, -0.2) is 22.4 Å². The van der Waals surface area contributed by atoms with E-state index >= 15 is 0 Å². The van der Waals surface area contributed by atoms with E-state index < -0.39 is 12.2 Å². The summed E-state index contributed by atoms with van der Waals surface area (Å²) >= 11 is 0. The highest BCUT2D eigenvalue weighted by molar-refractivity contribution is 5.31. The second-order valence-corrected chi connectivity index (χ2v) is 4.21. The highest BCUT2D eigenvalue weighted by Gasteiger charge is 2.22. The van der Waals surface area contributed by atoms with Gasteiger partial charge in [0, 0.05) is 0 Å². The Morgan fingerprint density at radius 2 is 1.75 bits per heavy atom. The van der Waals surface area contributed by atoms with E-state index in [9.17, 15) is 10.2 Å². The van der Waals surface area contributed by atoms with Gasteiger partial charge in [-0.15, -0.1) is 0 Å². The van der Waals surface area contributed by atoms with E-state index in [1.54, 1.807) is 12.2 Å². The van der Waals surface area contributed by atoms with Gasteiger partial charge in [0.05, 0.1) is 0 Å². The molecule has 0 radical (unpaired) electrons. The van der Waals surface area contributed by atoms with Crippen LogP contribution in [0.2, 0.25) is 0 Å². The Labute approximate surface area is 73.2 Å². The lowest BCUT2D eigenvalue weighted by atomic mass is 9.82. The predicted molar refractivity (Wildman–Crippen MR) is 48.7 cm³/mol. The van der Waals surface area contributed by atoms with Crippen LogP contribution in [0.5, 0.6) is 0 Å². The number of hydrogen-bond acceptors (Lipinski definition) is 2. The topological polar surface area (TPSA) is 40.5 Å². The normalized spacial score (nSPS) is 30.2. The van der Waals surface area contributed by atoms with Gasteiger partial charge in [0.2, 0.25) is 0 Å². The molecule has 0 heterocycles. The van der Waals surface area contributed by atoms with Gasteiger partial charge in [-0.1, -0.05) is 32.9 Å². The van der Waals surface area contributed by atoms with Gasteiger partial charge in [-0.05, 0) is 17.1 Å². The summed E-state index contributed by atoms with van der Waals surface area (Å²) in [4.78, 5) is 0. The Balaban J connectivity index is 2.84. The van der Waals surface area contributed by atoms with Crippen molar-refractivity contribution in [2.24, 2.45) is 5.41 Å². The van der Waals surface area contributed by atoms with E-state index in [0.717, 1.165) is 5.57 Å². The third-order valence-electron chi connectivity index (χ3n) is 2.04. The lowest BCUT2D eigenvalue weighted by molar-refractivity contribution is 0.0776. The maximum absolute atomic E-state index is 9.33. The molecule has 0 aromatic rings. The molecule has 0 aliphatic heterocycles. The minimum Gasteiger partial charge on any atom is -0.386 e. The van der Waals surface area contributed by atoms with Crippen LogP contribution in [0.15, 0.2) is 23.8 Å². The first kappa shape index (κ1) is 9.49. The molecule has 2 unspecified atom stereocenters. The van der Waals surface area contributed by atoms with Crippen molar-refractivity contribution in [3.05, 3.63) is 23.8 Å². The Bertz CT molecular complexity index is 220. The minimum absolute atomic E-state index is 0.0393. The third-order valence-corrected chi connectivity index (χ3v) is 2.04. The van der Waals surface area contributed by atoms with Gasteiger partial charge in [0.1, 0.15) is 12.2 Å². The van der Waals surface area contributed by atoms with Crippen molar-refractivity contribution in [1.82, 2.24) is 0 Å². The Morgan fingerprint density at radius 1 is 1.17 bits per heavy atom. The fourth-order valence-electron chi connectivity index (χ4n) is 1.15. The molecule has 1 aliphatic rings. The smallest absolute Gasteiger partial charge is 0.102 e. The molecule has 0 aromatic heterocycles. The van der Waals surface area contributed by atoms with Crippen molar-refractivity contribution >= 4 is 0 Å². The van der Waals surface area contributed by atoms with Gasteiger partial charge < -0.3 is 10.2 Å². The molecule has 0 spiro atoms. The van der Waals surface area contributed by atoms with Gasteiger partial charge >= 0.3 is 0 Å². The maximum atomic E-state index is 9.33. The molecule has 2 heteroatoms. The second-order valence-electron chi connectivity index (χ2n) is 4.21. The van der Waals surface area contributed by atoms with Crippen LogP contribution < -0.4 is 0 Å². The zero-order valence-electron chi connectivity index (χ0n) is 7.78. The summed E-state index contributed by atoms with van der Waals surface area (Å²) in [6, 6.07) is 0. The molecular weight excluding hydrogens is 152 g/mol. The number of aliphatic hydroxyl groups is 2. The van der Waals surface area contributed by atoms with Crippen molar-refractivity contribution in [1.29, 1.82) is 0 Å².